The number of amides is 2. The molecule has 0 radical (unpaired) electrons. The van der Waals surface area contributed by atoms with Crippen molar-refractivity contribution in [2.75, 3.05) is 0 Å². The Labute approximate surface area is 105 Å². The van der Waals surface area contributed by atoms with E-state index in [1.807, 2.05) is 0 Å². The lowest BCUT2D eigenvalue weighted by molar-refractivity contribution is -0.141. The van der Waals surface area contributed by atoms with Gasteiger partial charge in [-0.3, -0.25) is 0 Å². The van der Waals surface area contributed by atoms with Gasteiger partial charge in [0.15, 0.2) is 0 Å². The van der Waals surface area contributed by atoms with Crippen molar-refractivity contribution in [1.82, 2.24) is 10.6 Å². The van der Waals surface area contributed by atoms with E-state index in [4.69, 9.17) is 9.52 Å². The van der Waals surface area contributed by atoms with E-state index in [2.05, 4.69) is 10.6 Å². The Morgan fingerprint density at radius 2 is 2.11 bits per heavy atom. The maximum atomic E-state index is 11.6. The van der Waals surface area contributed by atoms with Gasteiger partial charge in [-0.15, -0.1) is 0 Å². The second-order valence-corrected chi connectivity index (χ2v) is 5.04. The summed E-state index contributed by atoms with van der Waals surface area (Å²) in [5, 5.41) is 14.0. The van der Waals surface area contributed by atoms with E-state index in [-0.39, 0.29) is 6.54 Å². The molecule has 6 heteroatoms. The highest BCUT2D eigenvalue weighted by Crippen LogP contribution is 2.19. The van der Waals surface area contributed by atoms with Gasteiger partial charge < -0.3 is 20.2 Å². The predicted molar refractivity (Wildman–Crippen MR) is 65.0 cm³/mol. The van der Waals surface area contributed by atoms with Crippen LogP contribution < -0.4 is 10.6 Å². The van der Waals surface area contributed by atoms with Crippen LogP contribution in [0.25, 0.3) is 0 Å². The van der Waals surface area contributed by atoms with Crippen molar-refractivity contribution >= 4 is 12.0 Å². The van der Waals surface area contributed by atoms with Crippen LogP contribution in [0.4, 0.5) is 4.79 Å². The first-order chi connectivity index (χ1) is 8.30. The molecule has 3 N–H and O–H groups in total. The normalized spacial score (nSPS) is 12.8. The number of nitrogens with one attached hydrogen (secondary N) is 2. The summed E-state index contributed by atoms with van der Waals surface area (Å²) < 4.78 is 5.04. The van der Waals surface area contributed by atoms with Crippen molar-refractivity contribution in [3.63, 3.8) is 0 Å². The molecule has 0 aliphatic heterocycles. The zero-order valence-corrected chi connectivity index (χ0v) is 10.7. The van der Waals surface area contributed by atoms with E-state index in [1.165, 1.54) is 6.26 Å². The molecule has 1 heterocycles. The molecule has 1 rings (SSSR count). The van der Waals surface area contributed by atoms with Gasteiger partial charge in [0, 0.05) is 0 Å². The van der Waals surface area contributed by atoms with Crippen molar-refractivity contribution in [2.24, 2.45) is 5.41 Å². The van der Waals surface area contributed by atoms with Crippen molar-refractivity contribution in [2.45, 2.75) is 33.4 Å². The van der Waals surface area contributed by atoms with Crippen LogP contribution in [0, 0.1) is 5.41 Å². The molecule has 0 spiro atoms. The molecule has 2 amide bonds. The molecular formula is C12H18N2O4. The molecule has 0 unspecified atom stereocenters. The molecule has 0 fully saturated rings. The van der Waals surface area contributed by atoms with Gasteiger partial charge in [-0.25, -0.2) is 9.59 Å². The zero-order valence-electron chi connectivity index (χ0n) is 10.7. The highest BCUT2D eigenvalue weighted by Gasteiger charge is 2.32. The number of hydrogen-bond donors (Lipinski definition) is 3. The van der Waals surface area contributed by atoms with Crippen molar-refractivity contribution in [1.29, 1.82) is 0 Å². The summed E-state index contributed by atoms with van der Waals surface area (Å²) in [7, 11) is 0. The highest BCUT2D eigenvalue weighted by molar-refractivity contribution is 5.83. The number of rotatable bonds is 4. The summed E-state index contributed by atoms with van der Waals surface area (Å²) >= 11 is 0. The summed E-state index contributed by atoms with van der Waals surface area (Å²) in [6.45, 7) is 5.46. The third-order valence-electron chi connectivity index (χ3n) is 2.39. The molecule has 6 nitrogen and oxygen atoms in total. The molecule has 0 saturated heterocycles. The number of carboxylic acid groups (broad SMARTS) is 1. The number of urea groups is 1. The molecule has 1 aromatic heterocycles. The first-order valence-corrected chi connectivity index (χ1v) is 5.60. The fourth-order valence-electron chi connectivity index (χ4n) is 1.41. The first kappa shape index (κ1) is 14.1. The average Bonchev–Trinajstić information content (AvgIpc) is 2.73. The lowest BCUT2D eigenvalue weighted by Gasteiger charge is -2.27. The molecule has 1 aromatic rings. The second-order valence-electron chi connectivity index (χ2n) is 5.04. The molecule has 1 atom stereocenters. The minimum Gasteiger partial charge on any atom is -0.480 e. The van der Waals surface area contributed by atoms with Gasteiger partial charge in [-0.2, -0.15) is 0 Å². The highest BCUT2D eigenvalue weighted by atomic mass is 16.4. The van der Waals surface area contributed by atoms with Gasteiger partial charge in [-0.05, 0) is 17.5 Å². The maximum Gasteiger partial charge on any atom is 0.326 e. The van der Waals surface area contributed by atoms with Crippen LogP contribution in [0.3, 0.4) is 0 Å². The Hall–Kier alpha value is -1.98. The zero-order chi connectivity index (χ0) is 13.8. The Kier molecular flexibility index (Phi) is 4.36. The van der Waals surface area contributed by atoms with Crippen LogP contribution in [-0.4, -0.2) is 23.1 Å². The quantitative estimate of drug-likeness (QED) is 0.760. The SMILES string of the molecule is CC(C)(C)[C@H](NC(=O)NCc1ccco1)C(=O)O. The lowest BCUT2D eigenvalue weighted by Crippen LogP contribution is -2.52. The molecule has 0 bridgehead atoms. The molecule has 0 aliphatic rings. The van der Waals surface area contributed by atoms with E-state index in [9.17, 15) is 9.59 Å². The Balaban J connectivity index is 2.49. The van der Waals surface area contributed by atoms with Crippen LogP contribution >= 0.6 is 0 Å². The molecule has 18 heavy (non-hydrogen) atoms. The maximum absolute atomic E-state index is 11.6. The summed E-state index contributed by atoms with van der Waals surface area (Å²) in [6, 6.07) is 1.95. The van der Waals surface area contributed by atoms with Crippen molar-refractivity contribution in [3.8, 4) is 0 Å². The minimum absolute atomic E-state index is 0.218. The number of hydrogen-bond acceptors (Lipinski definition) is 3. The van der Waals surface area contributed by atoms with Gasteiger partial charge in [0.25, 0.3) is 0 Å². The van der Waals surface area contributed by atoms with Crippen molar-refractivity contribution < 1.29 is 19.1 Å². The molecule has 0 aliphatic carbocycles. The number of carboxylic acids is 1. The number of furan rings is 1. The van der Waals surface area contributed by atoms with Crippen LogP contribution in [0.2, 0.25) is 0 Å². The Bertz CT molecular complexity index is 406. The van der Waals surface area contributed by atoms with Gasteiger partial charge in [0.2, 0.25) is 0 Å². The molecular weight excluding hydrogens is 236 g/mol. The summed E-state index contributed by atoms with van der Waals surface area (Å²) in [5.41, 5.74) is -0.562. The van der Waals surface area contributed by atoms with Crippen LogP contribution in [0.1, 0.15) is 26.5 Å². The van der Waals surface area contributed by atoms with Crippen molar-refractivity contribution in [3.05, 3.63) is 24.2 Å². The lowest BCUT2D eigenvalue weighted by atomic mass is 9.87. The standard InChI is InChI=1S/C12H18N2O4/c1-12(2,3)9(10(15)16)14-11(17)13-7-8-5-4-6-18-8/h4-6,9H,7H2,1-3H3,(H,15,16)(H2,13,14,17)/t9-/m1/s1. The second kappa shape index (κ2) is 5.57. The predicted octanol–water partition coefficient (Wildman–Crippen LogP) is 1.58. The smallest absolute Gasteiger partial charge is 0.326 e. The van der Waals surface area contributed by atoms with Gasteiger partial charge in [-0.1, -0.05) is 20.8 Å². The Morgan fingerprint density at radius 3 is 2.56 bits per heavy atom. The van der Waals surface area contributed by atoms with Crippen LogP contribution in [0.5, 0.6) is 0 Å². The summed E-state index contributed by atoms with van der Waals surface area (Å²) in [5.74, 6) is -0.455. The number of carbonyl (C=O) groups is 2. The summed E-state index contributed by atoms with van der Waals surface area (Å²) in [4.78, 5) is 22.6. The third-order valence-corrected chi connectivity index (χ3v) is 2.39. The van der Waals surface area contributed by atoms with Gasteiger partial charge in [0.1, 0.15) is 11.8 Å². The first-order valence-electron chi connectivity index (χ1n) is 5.60. The summed E-state index contributed by atoms with van der Waals surface area (Å²) in [6.07, 6.45) is 1.50. The molecule has 0 aromatic carbocycles. The van der Waals surface area contributed by atoms with E-state index in [0.717, 1.165) is 0 Å². The molecule has 100 valence electrons. The largest absolute Gasteiger partial charge is 0.480 e. The minimum atomic E-state index is -1.06. The number of carbonyl (C=O) groups excluding carboxylic acids is 1. The monoisotopic (exact) mass is 254 g/mol. The van der Waals surface area contributed by atoms with E-state index >= 15 is 0 Å². The average molecular weight is 254 g/mol. The van der Waals surface area contributed by atoms with Crippen LogP contribution in [-0.2, 0) is 11.3 Å². The van der Waals surface area contributed by atoms with E-state index in [0.29, 0.717) is 5.76 Å². The Morgan fingerprint density at radius 1 is 1.44 bits per heavy atom. The van der Waals surface area contributed by atoms with E-state index < -0.39 is 23.5 Å². The third kappa shape index (κ3) is 4.12. The molecule has 0 saturated carbocycles. The fourth-order valence-corrected chi connectivity index (χ4v) is 1.41. The van der Waals surface area contributed by atoms with Gasteiger partial charge in [0.05, 0.1) is 12.8 Å². The van der Waals surface area contributed by atoms with Gasteiger partial charge >= 0.3 is 12.0 Å². The topological polar surface area (TPSA) is 91.6 Å². The van der Waals surface area contributed by atoms with E-state index in [1.54, 1.807) is 32.9 Å². The number of aliphatic carboxylic acids is 1. The fraction of sp³-hybridized carbons (Fsp3) is 0.500. The van der Waals surface area contributed by atoms with Crippen LogP contribution in [0.15, 0.2) is 22.8 Å².